The molecule has 4 heteroatoms. The summed E-state index contributed by atoms with van der Waals surface area (Å²) >= 11 is 0. The minimum Gasteiger partial charge on any atom is -0.457 e. The number of allylic oxidation sites excluding steroid dienone is 2. The van der Waals surface area contributed by atoms with Crippen molar-refractivity contribution in [2.45, 2.75) is 283 Å². The standard InChI is InChI=1S/C50H98O4/c1-3-5-7-9-11-13-15-17-19-21-22-23-24-25-26-27-28-29-31-33-35-37-39-41-43-45-50(52)54-49(47-51)48-53-46-44-42-40-38-36-34-32-30-20-18-16-14-12-10-8-6-4-2/h21-22,49,51H,3-20,23-48H2,1-2H3/b22-21-. The van der Waals surface area contributed by atoms with Gasteiger partial charge in [0.1, 0.15) is 6.10 Å². The van der Waals surface area contributed by atoms with Crippen LogP contribution in [-0.4, -0.2) is 37.0 Å². The normalized spacial score (nSPS) is 12.3. The molecule has 0 heterocycles. The van der Waals surface area contributed by atoms with Crippen LogP contribution in [0.3, 0.4) is 0 Å². The quantitative estimate of drug-likeness (QED) is 0.0381. The molecule has 0 aliphatic carbocycles. The molecule has 0 aliphatic rings. The van der Waals surface area contributed by atoms with Crippen LogP contribution >= 0.6 is 0 Å². The third kappa shape index (κ3) is 45.5. The lowest BCUT2D eigenvalue weighted by atomic mass is 10.0. The first-order valence-electron chi connectivity index (χ1n) is 24.8. The zero-order chi connectivity index (χ0) is 39.1. The van der Waals surface area contributed by atoms with Gasteiger partial charge in [-0.3, -0.25) is 4.79 Å². The number of aliphatic hydroxyl groups is 1. The van der Waals surface area contributed by atoms with Crippen molar-refractivity contribution in [1.29, 1.82) is 0 Å². The minimum absolute atomic E-state index is 0.165. The third-order valence-electron chi connectivity index (χ3n) is 11.3. The maximum absolute atomic E-state index is 12.3. The molecule has 0 aliphatic heterocycles. The van der Waals surface area contributed by atoms with Gasteiger partial charge < -0.3 is 14.6 Å². The van der Waals surface area contributed by atoms with Crippen LogP contribution in [0.2, 0.25) is 0 Å². The number of rotatable bonds is 47. The van der Waals surface area contributed by atoms with Gasteiger partial charge in [-0.25, -0.2) is 0 Å². The van der Waals surface area contributed by atoms with E-state index in [1.165, 1.54) is 238 Å². The second kappa shape index (κ2) is 48.3. The Bertz CT molecular complexity index is 721. The smallest absolute Gasteiger partial charge is 0.306 e. The highest BCUT2D eigenvalue weighted by molar-refractivity contribution is 5.69. The predicted molar refractivity (Wildman–Crippen MR) is 238 cm³/mol. The molecule has 0 saturated carbocycles. The fraction of sp³-hybridized carbons (Fsp3) is 0.940. The first kappa shape index (κ1) is 53.1. The Labute approximate surface area is 339 Å². The summed E-state index contributed by atoms with van der Waals surface area (Å²) in [6, 6.07) is 0. The third-order valence-corrected chi connectivity index (χ3v) is 11.3. The number of aliphatic hydroxyl groups excluding tert-OH is 1. The molecule has 0 amide bonds. The highest BCUT2D eigenvalue weighted by atomic mass is 16.6. The molecule has 0 radical (unpaired) electrons. The molecule has 1 N–H and O–H groups in total. The van der Waals surface area contributed by atoms with Crippen LogP contribution in [-0.2, 0) is 14.3 Å². The minimum atomic E-state index is -0.528. The van der Waals surface area contributed by atoms with E-state index in [0.717, 1.165) is 19.3 Å². The number of esters is 1. The molecule has 0 fully saturated rings. The van der Waals surface area contributed by atoms with E-state index in [2.05, 4.69) is 26.0 Å². The predicted octanol–water partition coefficient (Wildman–Crippen LogP) is 16.5. The molecule has 0 saturated heterocycles. The van der Waals surface area contributed by atoms with E-state index in [0.29, 0.717) is 19.6 Å². The molecule has 1 atom stereocenters. The lowest BCUT2D eigenvalue weighted by Crippen LogP contribution is -2.27. The maximum Gasteiger partial charge on any atom is 0.306 e. The molecule has 0 aromatic rings. The topological polar surface area (TPSA) is 55.8 Å². The van der Waals surface area contributed by atoms with Gasteiger partial charge >= 0.3 is 5.97 Å². The molecule has 0 bridgehead atoms. The van der Waals surface area contributed by atoms with Crippen LogP contribution in [0.4, 0.5) is 0 Å². The summed E-state index contributed by atoms with van der Waals surface area (Å²) in [4.78, 5) is 12.3. The molecule has 0 spiro atoms. The fourth-order valence-corrected chi connectivity index (χ4v) is 7.62. The summed E-state index contributed by atoms with van der Waals surface area (Å²) in [5.41, 5.74) is 0. The van der Waals surface area contributed by atoms with Crippen molar-refractivity contribution in [2.75, 3.05) is 19.8 Å². The van der Waals surface area contributed by atoms with E-state index < -0.39 is 6.10 Å². The van der Waals surface area contributed by atoms with Gasteiger partial charge in [-0.15, -0.1) is 0 Å². The van der Waals surface area contributed by atoms with Gasteiger partial charge in [0, 0.05) is 13.0 Å². The average Bonchev–Trinajstić information content (AvgIpc) is 3.18. The monoisotopic (exact) mass is 763 g/mol. The molecule has 54 heavy (non-hydrogen) atoms. The Morgan fingerprint density at radius 2 is 0.722 bits per heavy atom. The SMILES string of the molecule is CCCCCCCCCC/C=C\CCCCCCCCCCCCCCCC(=O)OC(CO)COCCCCCCCCCCCCCCCCCCC. The van der Waals surface area contributed by atoms with Crippen LogP contribution in [0.1, 0.15) is 277 Å². The Morgan fingerprint density at radius 1 is 0.426 bits per heavy atom. The van der Waals surface area contributed by atoms with Gasteiger partial charge in [0.05, 0.1) is 13.2 Å². The largest absolute Gasteiger partial charge is 0.457 e. The summed E-state index contributed by atoms with van der Waals surface area (Å²) in [5, 5.41) is 9.63. The van der Waals surface area contributed by atoms with Gasteiger partial charge in [0.25, 0.3) is 0 Å². The number of carbonyl (C=O) groups excluding carboxylic acids is 1. The van der Waals surface area contributed by atoms with Crippen LogP contribution in [0, 0.1) is 0 Å². The molecule has 0 rings (SSSR count). The second-order valence-corrected chi connectivity index (χ2v) is 16.9. The molecule has 0 aromatic carbocycles. The highest BCUT2D eigenvalue weighted by Crippen LogP contribution is 2.16. The summed E-state index contributed by atoms with van der Waals surface area (Å²) in [5.74, 6) is -0.194. The van der Waals surface area contributed by atoms with E-state index in [1.807, 2.05) is 0 Å². The Balaban J connectivity index is 3.35. The van der Waals surface area contributed by atoms with Crippen molar-refractivity contribution < 1.29 is 19.4 Å². The number of unbranched alkanes of at least 4 members (excludes halogenated alkanes) is 37. The Hall–Kier alpha value is -0.870. The number of carbonyl (C=O) groups is 1. The van der Waals surface area contributed by atoms with Crippen LogP contribution in [0.15, 0.2) is 12.2 Å². The van der Waals surface area contributed by atoms with Crippen LogP contribution in [0.5, 0.6) is 0 Å². The highest BCUT2D eigenvalue weighted by Gasteiger charge is 2.13. The van der Waals surface area contributed by atoms with Crippen molar-refractivity contribution in [3.05, 3.63) is 12.2 Å². The zero-order valence-corrected chi connectivity index (χ0v) is 37.0. The summed E-state index contributed by atoms with van der Waals surface area (Å²) in [7, 11) is 0. The van der Waals surface area contributed by atoms with E-state index in [4.69, 9.17) is 9.47 Å². The molecule has 1 unspecified atom stereocenters. The van der Waals surface area contributed by atoms with Gasteiger partial charge in [-0.2, -0.15) is 0 Å². The summed E-state index contributed by atoms with van der Waals surface area (Å²) in [6.45, 7) is 5.40. The molecule has 322 valence electrons. The van der Waals surface area contributed by atoms with Gasteiger partial charge in [0.15, 0.2) is 0 Å². The van der Waals surface area contributed by atoms with Crippen molar-refractivity contribution in [1.82, 2.24) is 0 Å². The number of hydrogen-bond donors (Lipinski definition) is 1. The molecule has 0 aromatic heterocycles. The fourth-order valence-electron chi connectivity index (χ4n) is 7.62. The molecular weight excluding hydrogens is 665 g/mol. The van der Waals surface area contributed by atoms with E-state index in [1.54, 1.807) is 0 Å². The molecular formula is C50H98O4. The molecule has 4 nitrogen and oxygen atoms in total. The van der Waals surface area contributed by atoms with Gasteiger partial charge in [0.2, 0.25) is 0 Å². The lowest BCUT2D eigenvalue weighted by Gasteiger charge is -2.16. The maximum atomic E-state index is 12.3. The second-order valence-electron chi connectivity index (χ2n) is 16.9. The Kier molecular flexibility index (Phi) is 47.5. The zero-order valence-electron chi connectivity index (χ0n) is 37.0. The summed E-state index contributed by atoms with van der Waals surface area (Å²) in [6.07, 6.45) is 58.7. The van der Waals surface area contributed by atoms with Crippen molar-refractivity contribution >= 4 is 5.97 Å². The first-order chi connectivity index (χ1) is 26.7. The van der Waals surface area contributed by atoms with Crippen molar-refractivity contribution in [3.63, 3.8) is 0 Å². The Morgan fingerprint density at radius 3 is 1.06 bits per heavy atom. The van der Waals surface area contributed by atoms with Crippen molar-refractivity contribution in [2.24, 2.45) is 0 Å². The van der Waals surface area contributed by atoms with E-state index >= 15 is 0 Å². The first-order valence-corrected chi connectivity index (χ1v) is 24.8. The number of hydrogen-bond acceptors (Lipinski definition) is 4. The van der Waals surface area contributed by atoms with Crippen LogP contribution < -0.4 is 0 Å². The van der Waals surface area contributed by atoms with E-state index in [9.17, 15) is 9.90 Å². The lowest BCUT2D eigenvalue weighted by molar-refractivity contribution is -0.154. The summed E-state index contributed by atoms with van der Waals surface area (Å²) < 4.78 is 11.2. The van der Waals surface area contributed by atoms with Gasteiger partial charge in [-0.1, -0.05) is 244 Å². The van der Waals surface area contributed by atoms with Gasteiger partial charge in [-0.05, 0) is 38.5 Å². The van der Waals surface area contributed by atoms with E-state index in [-0.39, 0.29) is 12.6 Å². The van der Waals surface area contributed by atoms with Crippen molar-refractivity contribution in [3.8, 4) is 0 Å². The van der Waals surface area contributed by atoms with Crippen LogP contribution in [0.25, 0.3) is 0 Å². The average molecular weight is 763 g/mol. The number of ether oxygens (including phenoxy) is 2.